The van der Waals surface area contributed by atoms with Crippen LogP contribution in [0.1, 0.15) is 41.4 Å². The van der Waals surface area contributed by atoms with Gasteiger partial charge in [0.25, 0.3) is 12.3 Å². The van der Waals surface area contributed by atoms with Gasteiger partial charge >= 0.3 is 6.18 Å². The van der Waals surface area contributed by atoms with Gasteiger partial charge in [0.15, 0.2) is 17.2 Å². The fraction of sp³-hybridized carbons (Fsp3) is 0.370. The van der Waals surface area contributed by atoms with Crippen molar-refractivity contribution in [2.45, 2.75) is 45.3 Å². The Balaban J connectivity index is 1.52. The van der Waals surface area contributed by atoms with E-state index in [1.54, 1.807) is 18.2 Å². The lowest BCUT2D eigenvalue weighted by atomic mass is 10.0. The molecule has 0 saturated carbocycles. The molecule has 0 atom stereocenters. The molecule has 0 fully saturated rings. The zero-order valence-electron chi connectivity index (χ0n) is 23.1. The first kappa shape index (κ1) is 31.3. The third kappa shape index (κ3) is 7.63. The van der Waals surface area contributed by atoms with Gasteiger partial charge in [0.1, 0.15) is 6.54 Å². The summed E-state index contributed by atoms with van der Waals surface area (Å²) in [6.45, 7) is 1.93. The predicted molar refractivity (Wildman–Crippen MR) is 148 cm³/mol. The van der Waals surface area contributed by atoms with Gasteiger partial charge in [-0.1, -0.05) is 6.92 Å². The van der Waals surface area contributed by atoms with E-state index in [2.05, 4.69) is 31.0 Å². The number of rotatable bonds is 13. The van der Waals surface area contributed by atoms with Crippen molar-refractivity contribution in [3.8, 4) is 11.3 Å². The van der Waals surface area contributed by atoms with Crippen molar-refractivity contribution in [2.75, 3.05) is 25.0 Å². The number of hydrogen-bond acceptors (Lipinski definition) is 7. The summed E-state index contributed by atoms with van der Waals surface area (Å²) in [6.07, 6.45) is -1.58. The number of aromatic nitrogens is 5. The molecule has 230 valence electrons. The van der Waals surface area contributed by atoms with Crippen LogP contribution in [0.15, 0.2) is 43.0 Å². The molecule has 0 bridgehead atoms. The smallest absolute Gasteiger partial charge is 0.356 e. The maximum atomic E-state index is 13.7. The molecule has 0 aliphatic rings. The van der Waals surface area contributed by atoms with Crippen LogP contribution in [0.2, 0.25) is 0 Å². The second kappa shape index (κ2) is 13.6. The second-order valence-electron chi connectivity index (χ2n) is 9.46. The van der Waals surface area contributed by atoms with Crippen LogP contribution in [0.4, 0.5) is 33.5 Å². The SMILES string of the molecule is CCc1cc(Nc2nccn3c(-c4cn(CC(F)F)nc4C(F)(F)F)cnc23)ccc1C(=O)NCCCNC(=O)CCN. The van der Waals surface area contributed by atoms with Crippen LogP contribution in [0.25, 0.3) is 16.9 Å². The van der Waals surface area contributed by atoms with Crippen LogP contribution in [0.5, 0.6) is 0 Å². The Kier molecular flexibility index (Phi) is 9.90. The van der Waals surface area contributed by atoms with E-state index in [4.69, 9.17) is 5.73 Å². The summed E-state index contributed by atoms with van der Waals surface area (Å²) in [4.78, 5) is 32.7. The molecule has 0 saturated heterocycles. The van der Waals surface area contributed by atoms with Crippen LogP contribution < -0.4 is 21.7 Å². The normalized spacial score (nSPS) is 11.7. The molecule has 43 heavy (non-hydrogen) atoms. The van der Waals surface area contributed by atoms with E-state index in [1.165, 1.54) is 23.0 Å². The lowest BCUT2D eigenvalue weighted by molar-refractivity contribution is -0.141. The first-order valence-corrected chi connectivity index (χ1v) is 13.4. The Hall–Kier alpha value is -4.60. The first-order chi connectivity index (χ1) is 20.5. The van der Waals surface area contributed by atoms with E-state index in [0.29, 0.717) is 41.9 Å². The van der Waals surface area contributed by atoms with Gasteiger partial charge in [-0.15, -0.1) is 0 Å². The fourth-order valence-corrected chi connectivity index (χ4v) is 4.41. The molecule has 0 aliphatic heterocycles. The molecular formula is C27H30F5N9O2. The van der Waals surface area contributed by atoms with Crippen molar-refractivity contribution in [3.05, 3.63) is 59.8 Å². The standard InChI is InChI=1S/C27H30F5N9O2/c1-2-16-12-17(4-5-18(16)26(43)36-9-3-8-34-22(42)6-7-33)38-24-25-37-13-20(41(25)11-10-35-24)19-14-40(15-21(28)29)39-23(19)27(30,31)32/h4-5,10-14,21H,2-3,6-9,15,33H2,1H3,(H,34,42)(H,35,38)(H,36,43). The zero-order valence-corrected chi connectivity index (χ0v) is 23.1. The number of carbonyl (C=O) groups excluding carboxylic acids is 2. The highest BCUT2D eigenvalue weighted by atomic mass is 19.4. The van der Waals surface area contributed by atoms with E-state index in [9.17, 15) is 31.5 Å². The number of carbonyl (C=O) groups is 2. The average molecular weight is 608 g/mol. The van der Waals surface area contributed by atoms with Gasteiger partial charge in [-0.25, -0.2) is 18.7 Å². The van der Waals surface area contributed by atoms with Gasteiger partial charge in [-0.2, -0.15) is 18.3 Å². The summed E-state index contributed by atoms with van der Waals surface area (Å²) in [5.41, 5.74) is 5.56. The molecule has 3 heterocycles. The van der Waals surface area contributed by atoms with Gasteiger partial charge in [0, 0.05) is 55.9 Å². The lowest BCUT2D eigenvalue weighted by Crippen LogP contribution is -2.31. The Morgan fingerprint density at radius 3 is 2.58 bits per heavy atom. The van der Waals surface area contributed by atoms with Crippen molar-refractivity contribution in [1.82, 2.24) is 34.8 Å². The molecule has 3 aromatic heterocycles. The Morgan fingerprint density at radius 1 is 1.12 bits per heavy atom. The number of imidazole rings is 1. The van der Waals surface area contributed by atoms with Crippen LogP contribution in [-0.4, -0.2) is 62.0 Å². The topological polar surface area (TPSA) is 144 Å². The number of alkyl halides is 5. The molecule has 16 heteroatoms. The van der Waals surface area contributed by atoms with E-state index < -0.39 is 30.4 Å². The summed E-state index contributed by atoms with van der Waals surface area (Å²) in [6, 6.07) is 5.06. The van der Waals surface area contributed by atoms with E-state index in [-0.39, 0.29) is 41.9 Å². The average Bonchev–Trinajstić information content (AvgIpc) is 3.57. The number of amides is 2. The zero-order chi connectivity index (χ0) is 31.1. The first-order valence-electron chi connectivity index (χ1n) is 13.4. The molecule has 0 aliphatic carbocycles. The summed E-state index contributed by atoms with van der Waals surface area (Å²) in [5, 5.41) is 12.0. The maximum Gasteiger partial charge on any atom is 0.435 e. The highest BCUT2D eigenvalue weighted by molar-refractivity contribution is 5.96. The summed E-state index contributed by atoms with van der Waals surface area (Å²) in [7, 11) is 0. The van der Waals surface area contributed by atoms with E-state index in [0.717, 1.165) is 11.8 Å². The van der Waals surface area contributed by atoms with Crippen molar-refractivity contribution in [2.24, 2.45) is 5.73 Å². The molecular weight excluding hydrogens is 577 g/mol. The molecule has 2 amide bonds. The second-order valence-corrected chi connectivity index (χ2v) is 9.46. The highest BCUT2D eigenvalue weighted by Gasteiger charge is 2.38. The largest absolute Gasteiger partial charge is 0.435 e. The van der Waals surface area contributed by atoms with Gasteiger partial charge in [-0.05, 0) is 36.6 Å². The monoisotopic (exact) mass is 607 g/mol. The van der Waals surface area contributed by atoms with Crippen LogP contribution >= 0.6 is 0 Å². The third-order valence-electron chi connectivity index (χ3n) is 6.39. The molecule has 5 N–H and O–H groups in total. The molecule has 4 rings (SSSR count). The minimum Gasteiger partial charge on any atom is -0.356 e. The van der Waals surface area contributed by atoms with Crippen LogP contribution in [0, 0.1) is 0 Å². The summed E-state index contributed by atoms with van der Waals surface area (Å²) < 4.78 is 68.8. The number of nitrogens with two attached hydrogens (primary N) is 1. The quantitative estimate of drug-likeness (QED) is 0.134. The number of benzene rings is 1. The van der Waals surface area contributed by atoms with E-state index >= 15 is 0 Å². The number of aryl methyl sites for hydroxylation is 1. The van der Waals surface area contributed by atoms with Gasteiger partial charge in [0.2, 0.25) is 5.91 Å². The van der Waals surface area contributed by atoms with Gasteiger partial charge in [0.05, 0.1) is 17.5 Å². The molecule has 0 spiro atoms. The number of fused-ring (bicyclic) bond motifs is 1. The van der Waals surface area contributed by atoms with Crippen molar-refractivity contribution in [3.63, 3.8) is 0 Å². The minimum absolute atomic E-state index is 0.00602. The van der Waals surface area contributed by atoms with Gasteiger partial charge in [-0.3, -0.25) is 18.7 Å². The number of nitrogens with zero attached hydrogens (tertiary/aromatic N) is 5. The summed E-state index contributed by atoms with van der Waals surface area (Å²) in [5.74, 6) is -0.199. The van der Waals surface area contributed by atoms with Crippen LogP contribution in [-0.2, 0) is 23.9 Å². The highest BCUT2D eigenvalue weighted by Crippen LogP contribution is 2.37. The molecule has 11 nitrogen and oxygen atoms in total. The molecule has 1 aromatic carbocycles. The maximum absolute atomic E-state index is 13.7. The summed E-state index contributed by atoms with van der Waals surface area (Å²) >= 11 is 0. The minimum atomic E-state index is -4.88. The van der Waals surface area contributed by atoms with Crippen molar-refractivity contribution in [1.29, 1.82) is 0 Å². The third-order valence-corrected chi connectivity index (χ3v) is 6.39. The van der Waals surface area contributed by atoms with Crippen molar-refractivity contribution >= 4 is 29.0 Å². The Morgan fingerprint density at radius 2 is 1.88 bits per heavy atom. The fourth-order valence-electron chi connectivity index (χ4n) is 4.41. The molecule has 0 unspecified atom stereocenters. The van der Waals surface area contributed by atoms with Gasteiger partial charge < -0.3 is 21.7 Å². The number of anilines is 2. The number of halogens is 5. The lowest BCUT2D eigenvalue weighted by Gasteiger charge is -2.13. The Bertz CT molecular complexity index is 1580. The number of hydrogen-bond donors (Lipinski definition) is 4. The number of nitrogens with one attached hydrogen (secondary N) is 3. The van der Waals surface area contributed by atoms with Crippen molar-refractivity contribution < 1.29 is 31.5 Å². The Labute approximate surface area is 242 Å². The van der Waals surface area contributed by atoms with E-state index in [1.807, 2.05) is 6.92 Å². The molecule has 4 aromatic rings. The predicted octanol–water partition coefficient (Wildman–Crippen LogP) is 3.77. The van der Waals surface area contributed by atoms with Crippen LogP contribution in [0.3, 0.4) is 0 Å². The molecule has 0 radical (unpaired) electrons.